The third-order valence-electron chi connectivity index (χ3n) is 4.38. The van der Waals surface area contributed by atoms with Crippen molar-refractivity contribution in [1.82, 2.24) is 0 Å². The fourth-order valence-corrected chi connectivity index (χ4v) is 3.21. The maximum atomic E-state index is 12.6. The first kappa shape index (κ1) is 13.8. The fraction of sp³-hybridized carbons (Fsp3) is 0.0952. The average molecular weight is 299 g/mol. The van der Waals surface area contributed by atoms with Crippen LogP contribution in [0.4, 0.5) is 5.69 Å². The Bertz CT molecular complexity index is 905. The molecule has 0 unspecified atom stereocenters. The smallest absolute Gasteiger partial charge is 0.251 e. The molecule has 0 aliphatic carbocycles. The summed E-state index contributed by atoms with van der Waals surface area (Å²) in [7, 11) is 0. The van der Waals surface area contributed by atoms with Crippen LogP contribution < -0.4 is 4.90 Å². The van der Waals surface area contributed by atoms with Crippen LogP contribution in [0.1, 0.15) is 11.1 Å². The molecule has 1 heterocycles. The Morgan fingerprint density at radius 2 is 1.70 bits per heavy atom. The van der Waals surface area contributed by atoms with Crippen LogP contribution in [0.25, 0.3) is 16.8 Å². The second kappa shape index (κ2) is 5.73. The summed E-state index contributed by atoms with van der Waals surface area (Å²) in [5.41, 5.74) is 3.36. The zero-order valence-electron chi connectivity index (χ0n) is 12.8. The van der Waals surface area contributed by atoms with E-state index in [0.717, 1.165) is 24.2 Å². The second-order valence-electron chi connectivity index (χ2n) is 5.77. The van der Waals surface area contributed by atoms with Crippen LogP contribution >= 0.6 is 0 Å². The number of hydrogen-bond acceptors (Lipinski definition) is 1. The summed E-state index contributed by atoms with van der Waals surface area (Å²) in [6.45, 7) is 0.762. The monoisotopic (exact) mass is 299 g/mol. The van der Waals surface area contributed by atoms with Gasteiger partial charge in [-0.3, -0.25) is 4.79 Å². The molecule has 1 aliphatic rings. The normalized spacial score (nSPS) is 13.7. The highest BCUT2D eigenvalue weighted by Gasteiger charge is 2.22. The van der Waals surface area contributed by atoms with Crippen LogP contribution in [0.15, 0.2) is 72.8 Å². The molecule has 112 valence electrons. The Labute approximate surface area is 135 Å². The summed E-state index contributed by atoms with van der Waals surface area (Å²) < 4.78 is 0. The minimum Gasteiger partial charge on any atom is -0.308 e. The van der Waals surface area contributed by atoms with Gasteiger partial charge in [0.15, 0.2) is 0 Å². The first-order valence-corrected chi connectivity index (χ1v) is 7.88. The molecule has 0 bridgehead atoms. The van der Waals surface area contributed by atoms with Crippen LogP contribution in [-0.4, -0.2) is 12.5 Å². The molecule has 2 nitrogen and oxygen atoms in total. The van der Waals surface area contributed by atoms with E-state index in [-0.39, 0.29) is 5.91 Å². The molecule has 1 amide bonds. The lowest BCUT2D eigenvalue weighted by atomic mass is 10.0. The predicted octanol–water partition coefficient (Wildman–Crippen LogP) is 4.44. The standard InChI is InChI=1S/C21H17NO/c23-21(22-15-14-18-7-2-4-11-20(18)22)13-12-17-9-5-8-16-6-1-3-10-19(16)17/h1-13H,14-15H2/b13-12-. The first-order chi connectivity index (χ1) is 11.3. The molecule has 2 heteroatoms. The summed E-state index contributed by atoms with van der Waals surface area (Å²) in [6, 6.07) is 22.5. The van der Waals surface area contributed by atoms with Crippen molar-refractivity contribution in [3.05, 3.63) is 83.9 Å². The van der Waals surface area contributed by atoms with Crippen LogP contribution in [0, 0.1) is 0 Å². The summed E-state index contributed by atoms with van der Waals surface area (Å²) in [5.74, 6) is 0.0443. The van der Waals surface area contributed by atoms with Gasteiger partial charge < -0.3 is 4.90 Å². The molecule has 0 N–H and O–H groups in total. The molecule has 0 saturated carbocycles. The number of para-hydroxylation sites is 1. The highest BCUT2D eigenvalue weighted by Crippen LogP contribution is 2.28. The Morgan fingerprint density at radius 3 is 2.65 bits per heavy atom. The summed E-state index contributed by atoms with van der Waals surface area (Å²) in [6.07, 6.45) is 4.54. The van der Waals surface area contributed by atoms with Crippen molar-refractivity contribution in [2.24, 2.45) is 0 Å². The van der Waals surface area contributed by atoms with Crippen molar-refractivity contribution < 1.29 is 4.79 Å². The Kier molecular flexibility index (Phi) is 3.43. The molecular formula is C21H17NO. The zero-order valence-corrected chi connectivity index (χ0v) is 12.8. The molecule has 0 aromatic heterocycles. The predicted molar refractivity (Wildman–Crippen MR) is 95.5 cm³/mol. The summed E-state index contributed by atoms with van der Waals surface area (Å²) in [4.78, 5) is 14.4. The van der Waals surface area contributed by atoms with E-state index >= 15 is 0 Å². The molecule has 1 aliphatic heterocycles. The molecule has 0 saturated heterocycles. The quantitative estimate of drug-likeness (QED) is 0.640. The molecule has 0 radical (unpaired) electrons. The van der Waals surface area contributed by atoms with Gasteiger partial charge in [0.1, 0.15) is 0 Å². The number of rotatable bonds is 2. The molecule has 23 heavy (non-hydrogen) atoms. The van der Waals surface area contributed by atoms with Gasteiger partial charge in [0.05, 0.1) is 0 Å². The van der Waals surface area contributed by atoms with Crippen LogP contribution in [0.3, 0.4) is 0 Å². The molecule has 4 rings (SSSR count). The minimum atomic E-state index is 0.0443. The molecule has 3 aromatic rings. The van der Waals surface area contributed by atoms with Crippen molar-refractivity contribution in [3.8, 4) is 0 Å². The van der Waals surface area contributed by atoms with Crippen LogP contribution in [0.2, 0.25) is 0 Å². The largest absolute Gasteiger partial charge is 0.308 e. The number of benzene rings is 3. The fourth-order valence-electron chi connectivity index (χ4n) is 3.21. The number of carbonyl (C=O) groups is 1. The topological polar surface area (TPSA) is 20.3 Å². The lowest BCUT2D eigenvalue weighted by molar-refractivity contribution is -0.114. The van der Waals surface area contributed by atoms with E-state index in [1.165, 1.54) is 16.3 Å². The molecule has 0 atom stereocenters. The highest BCUT2D eigenvalue weighted by molar-refractivity contribution is 6.06. The van der Waals surface area contributed by atoms with Gasteiger partial charge in [-0.1, -0.05) is 60.7 Å². The lowest BCUT2D eigenvalue weighted by Gasteiger charge is -2.14. The number of nitrogens with zero attached hydrogens (tertiary/aromatic N) is 1. The zero-order chi connectivity index (χ0) is 15.6. The van der Waals surface area contributed by atoms with Crippen molar-refractivity contribution in [1.29, 1.82) is 0 Å². The number of carbonyl (C=O) groups excluding carboxylic acids is 1. The van der Waals surface area contributed by atoms with Gasteiger partial charge in [-0.05, 0) is 40.5 Å². The minimum absolute atomic E-state index is 0.0443. The van der Waals surface area contributed by atoms with E-state index in [9.17, 15) is 4.79 Å². The number of amides is 1. The van der Waals surface area contributed by atoms with E-state index < -0.39 is 0 Å². The van der Waals surface area contributed by atoms with Gasteiger partial charge in [-0.2, -0.15) is 0 Å². The Balaban J connectivity index is 1.63. The van der Waals surface area contributed by atoms with Gasteiger partial charge in [-0.15, -0.1) is 0 Å². The number of hydrogen-bond donors (Lipinski definition) is 0. The first-order valence-electron chi connectivity index (χ1n) is 7.88. The maximum absolute atomic E-state index is 12.6. The Hall–Kier alpha value is -2.87. The van der Waals surface area contributed by atoms with E-state index in [4.69, 9.17) is 0 Å². The van der Waals surface area contributed by atoms with Crippen molar-refractivity contribution in [2.45, 2.75) is 6.42 Å². The van der Waals surface area contributed by atoms with Crippen LogP contribution in [-0.2, 0) is 11.2 Å². The van der Waals surface area contributed by atoms with Crippen molar-refractivity contribution in [2.75, 3.05) is 11.4 Å². The summed E-state index contributed by atoms with van der Waals surface area (Å²) in [5, 5.41) is 2.36. The van der Waals surface area contributed by atoms with Gasteiger partial charge >= 0.3 is 0 Å². The van der Waals surface area contributed by atoms with E-state index in [1.807, 2.05) is 53.4 Å². The maximum Gasteiger partial charge on any atom is 0.251 e. The van der Waals surface area contributed by atoms with Gasteiger partial charge in [0.2, 0.25) is 0 Å². The third-order valence-corrected chi connectivity index (χ3v) is 4.38. The van der Waals surface area contributed by atoms with Gasteiger partial charge in [0, 0.05) is 18.3 Å². The lowest BCUT2D eigenvalue weighted by Crippen LogP contribution is -2.26. The number of anilines is 1. The van der Waals surface area contributed by atoms with E-state index in [1.54, 1.807) is 6.08 Å². The number of fused-ring (bicyclic) bond motifs is 2. The van der Waals surface area contributed by atoms with E-state index in [2.05, 4.69) is 24.3 Å². The second-order valence-corrected chi connectivity index (χ2v) is 5.77. The van der Waals surface area contributed by atoms with E-state index in [0.29, 0.717) is 0 Å². The SMILES string of the molecule is O=C(/C=C\c1cccc2ccccc12)N1CCc2ccccc21. The molecule has 3 aromatic carbocycles. The highest BCUT2D eigenvalue weighted by atomic mass is 16.2. The average Bonchev–Trinajstić information content (AvgIpc) is 3.04. The molecule has 0 fully saturated rings. The molecule has 0 spiro atoms. The third kappa shape index (κ3) is 2.53. The Morgan fingerprint density at radius 1 is 0.913 bits per heavy atom. The van der Waals surface area contributed by atoms with Crippen molar-refractivity contribution in [3.63, 3.8) is 0 Å². The van der Waals surface area contributed by atoms with Gasteiger partial charge in [-0.25, -0.2) is 0 Å². The van der Waals surface area contributed by atoms with Gasteiger partial charge in [0.25, 0.3) is 5.91 Å². The van der Waals surface area contributed by atoms with Crippen molar-refractivity contribution >= 4 is 28.4 Å². The molecular weight excluding hydrogens is 282 g/mol. The van der Waals surface area contributed by atoms with Crippen LogP contribution in [0.5, 0.6) is 0 Å². The summed E-state index contributed by atoms with van der Waals surface area (Å²) >= 11 is 0.